The van der Waals surface area contributed by atoms with Gasteiger partial charge in [0, 0.05) is 6.54 Å². The molecule has 3 fully saturated rings. The quantitative estimate of drug-likeness (QED) is 0.626. The third-order valence-electron chi connectivity index (χ3n) is 3.75. The van der Waals surface area contributed by atoms with E-state index < -0.39 is 5.54 Å². The second kappa shape index (κ2) is 3.51. The number of esters is 1. The zero-order chi connectivity index (χ0) is 10.2. The Morgan fingerprint density at radius 2 is 2.14 bits per heavy atom. The van der Waals surface area contributed by atoms with Gasteiger partial charge in [-0.2, -0.15) is 0 Å². The third kappa shape index (κ3) is 1.25. The van der Waals surface area contributed by atoms with E-state index in [-0.39, 0.29) is 5.97 Å². The van der Waals surface area contributed by atoms with E-state index >= 15 is 0 Å². The summed E-state index contributed by atoms with van der Waals surface area (Å²) >= 11 is 0. The van der Waals surface area contributed by atoms with E-state index in [9.17, 15) is 4.79 Å². The van der Waals surface area contributed by atoms with Crippen LogP contribution in [0.3, 0.4) is 0 Å². The molecule has 3 saturated heterocycles. The van der Waals surface area contributed by atoms with Crippen LogP contribution in [0.15, 0.2) is 0 Å². The van der Waals surface area contributed by atoms with Gasteiger partial charge < -0.3 is 15.0 Å². The fourth-order valence-corrected chi connectivity index (χ4v) is 2.86. The van der Waals surface area contributed by atoms with Gasteiger partial charge in [0.25, 0.3) is 0 Å². The van der Waals surface area contributed by atoms with Crippen molar-refractivity contribution in [3.05, 3.63) is 0 Å². The van der Waals surface area contributed by atoms with Gasteiger partial charge in [-0.3, -0.25) is 0 Å². The van der Waals surface area contributed by atoms with Crippen LogP contribution in [-0.2, 0) is 9.53 Å². The minimum Gasteiger partial charge on any atom is -0.468 e. The molecule has 0 saturated carbocycles. The highest BCUT2D eigenvalue weighted by molar-refractivity contribution is 5.82. The average Bonchev–Trinajstić information content (AvgIpc) is 2.29. The smallest absolute Gasteiger partial charge is 0.327 e. The molecule has 3 aliphatic rings. The molecule has 0 radical (unpaired) electrons. The summed E-state index contributed by atoms with van der Waals surface area (Å²) in [6.07, 6.45) is 2.21. The number of fused-ring (bicyclic) bond motifs is 3. The Morgan fingerprint density at radius 1 is 1.50 bits per heavy atom. The van der Waals surface area contributed by atoms with Crippen LogP contribution >= 0.6 is 0 Å². The van der Waals surface area contributed by atoms with E-state index in [2.05, 4.69) is 10.2 Å². The molecule has 4 nitrogen and oxygen atoms in total. The van der Waals surface area contributed by atoms with Gasteiger partial charge in [-0.1, -0.05) is 0 Å². The van der Waals surface area contributed by atoms with Crippen LogP contribution in [0.4, 0.5) is 0 Å². The van der Waals surface area contributed by atoms with Gasteiger partial charge in [0.1, 0.15) is 5.54 Å². The lowest BCUT2D eigenvalue weighted by atomic mass is 9.73. The van der Waals surface area contributed by atoms with Gasteiger partial charge in [-0.25, -0.2) is 4.79 Å². The van der Waals surface area contributed by atoms with Crippen molar-refractivity contribution < 1.29 is 9.53 Å². The second-order valence-electron chi connectivity index (χ2n) is 4.26. The second-order valence-corrected chi connectivity index (χ2v) is 4.26. The molecule has 80 valence electrons. The third-order valence-corrected chi connectivity index (χ3v) is 3.75. The highest BCUT2D eigenvalue weighted by Gasteiger charge is 2.51. The highest BCUT2D eigenvalue weighted by Crippen LogP contribution is 2.36. The number of nitrogens with zero attached hydrogens (tertiary/aromatic N) is 1. The number of carbonyl (C=O) groups is 1. The van der Waals surface area contributed by atoms with Gasteiger partial charge in [-0.05, 0) is 38.9 Å². The van der Waals surface area contributed by atoms with E-state index in [1.807, 2.05) is 7.05 Å². The Hall–Kier alpha value is -0.610. The molecule has 0 spiro atoms. The van der Waals surface area contributed by atoms with Crippen LogP contribution in [0, 0.1) is 5.92 Å². The first-order valence-corrected chi connectivity index (χ1v) is 5.22. The van der Waals surface area contributed by atoms with Crippen molar-refractivity contribution in [1.29, 1.82) is 0 Å². The van der Waals surface area contributed by atoms with Gasteiger partial charge in [0.05, 0.1) is 7.11 Å². The van der Waals surface area contributed by atoms with E-state index in [1.165, 1.54) is 7.11 Å². The van der Waals surface area contributed by atoms with Crippen LogP contribution in [0.25, 0.3) is 0 Å². The topological polar surface area (TPSA) is 41.6 Å². The normalized spacial score (nSPS) is 41.0. The Morgan fingerprint density at radius 3 is 2.50 bits per heavy atom. The monoisotopic (exact) mass is 198 g/mol. The Balaban J connectivity index is 2.23. The number of ether oxygens (including phenoxy) is 1. The minimum absolute atomic E-state index is 0.102. The summed E-state index contributed by atoms with van der Waals surface area (Å²) in [6, 6.07) is 0. The van der Waals surface area contributed by atoms with E-state index in [4.69, 9.17) is 4.74 Å². The fourth-order valence-electron chi connectivity index (χ4n) is 2.86. The van der Waals surface area contributed by atoms with Crippen molar-refractivity contribution in [2.45, 2.75) is 18.4 Å². The van der Waals surface area contributed by atoms with Crippen LogP contribution < -0.4 is 5.32 Å². The lowest BCUT2D eigenvalue weighted by Gasteiger charge is -2.51. The van der Waals surface area contributed by atoms with Crippen molar-refractivity contribution in [2.75, 3.05) is 33.8 Å². The lowest BCUT2D eigenvalue weighted by Crippen LogP contribution is -2.69. The van der Waals surface area contributed by atoms with E-state index in [1.54, 1.807) is 0 Å². The molecule has 0 amide bonds. The van der Waals surface area contributed by atoms with Crippen molar-refractivity contribution in [3.63, 3.8) is 0 Å². The molecule has 14 heavy (non-hydrogen) atoms. The van der Waals surface area contributed by atoms with Crippen molar-refractivity contribution in [2.24, 2.45) is 5.92 Å². The Labute approximate surface area is 84.6 Å². The molecule has 3 aliphatic heterocycles. The summed E-state index contributed by atoms with van der Waals surface area (Å²) < 4.78 is 4.91. The first kappa shape index (κ1) is 9.93. The maximum atomic E-state index is 11.8. The molecule has 1 N–H and O–H groups in total. The summed E-state index contributed by atoms with van der Waals surface area (Å²) in [7, 11) is 3.33. The number of likely N-dealkylation sites (N-methyl/N-ethyl adjacent to an activating group) is 1. The first-order valence-electron chi connectivity index (χ1n) is 5.22. The maximum absolute atomic E-state index is 11.8. The molecule has 2 bridgehead atoms. The zero-order valence-electron chi connectivity index (χ0n) is 8.88. The van der Waals surface area contributed by atoms with Crippen molar-refractivity contribution in [3.8, 4) is 0 Å². The van der Waals surface area contributed by atoms with Gasteiger partial charge in [0.15, 0.2) is 0 Å². The lowest BCUT2D eigenvalue weighted by molar-refractivity contribution is -0.157. The number of rotatable bonds is 2. The molecule has 0 aliphatic carbocycles. The van der Waals surface area contributed by atoms with Gasteiger partial charge in [0.2, 0.25) is 0 Å². The van der Waals surface area contributed by atoms with Crippen molar-refractivity contribution >= 4 is 5.97 Å². The molecule has 3 rings (SSSR count). The molecule has 4 heteroatoms. The molecule has 1 unspecified atom stereocenters. The molecule has 1 atom stereocenters. The zero-order valence-corrected chi connectivity index (χ0v) is 8.88. The molecular formula is C10H18N2O2. The summed E-state index contributed by atoms with van der Waals surface area (Å²) in [5.74, 6) is 0.347. The predicted molar refractivity (Wildman–Crippen MR) is 53.0 cm³/mol. The van der Waals surface area contributed by atoms with E-state index in [0.717, 1.165) is 32.5 Å². The number of nitrogens with one attached hydrogen (secondary N) is 1. The Kier molecular flexibility index (Phi) is 2.49. The summed E-state index contributed by atoms with van der Waals surface area (Å²) in [4.78, 5) is 14.1. The number of hydrogen-bond acceptors (Lipinski definition) is 4. The summed E-state index contributed by atoms with van der Waals surface area (Å²) in [6.45, 7) is 3.07. The van der Waals surface area contributed by atoms with Crippen LogP contribution in [0.2, 0.25) is 0 Å². The standard InChI is InChI=1S/C10H18N2O2/c1-11-10(9(13)14-2)7-12-5-3-8(10)4-6-12/h8,11H,3-7H2,1-2H3. The maximum Gasteiger partial charge on any atom is 0.327 e. The Bertz CT molecular complexity index is 236. The average molecular weight is 198 g/mol. The number of piperidine rings is 3. The predicted octanol–water partition coefficient (Wildman–Crippen LogP) is -0.157. The largest absolute Gasteiger partial charge is 0.468 e. The van der Waals surface area contributed by atoms with Gasteiger partial charge in [-0.15, -0.1) is 0 Å². The summed E-state index contributed by atoms with van der Waals surface area (Å²) in [5.41, 5.74) is -0.439. The SMILES string of the molecule is CNC1(C(=O)OC)CN2CCC1CC2. The molecular weight excluding hydrogens is 180 g/mol. The number of hydrogen-bond donors (Lipinski definition) is 1. The van der Waals surface area contributed by atoms with E-state index in [0.29, 0.717) is 5.92 Å². The minimum atomic E-state index is -0.439. The van der Waals surface area contributed by atoms with Crippen molar-refractivity contribution in [1.82, 2.24) is 10.2 Å². The number of carbonyl (C=O) groups excluding carboxylic acids is 1. The van der Waals surface area contributed by atoms with Gasteiger partial charge >= 0.3 is 5.97 Å². The van der Waals surface area contributed by atoms with Crippen LogP contribution in [-0.4, -0.2) is 50.2 Å². The first-order chi connectivity index (χ1) is 6.73. The fraction of sp³-hybridized carbons (Fsp3) is 0.900. The number of methoxy groups -OCH3 is 1. The highest BCUT2D eigenvalue weighted by atomic mass is 16.5. The molecule has 3 heterocycles. The van der Waals surface area contributed by atoms with Crippen LogP contribution in [0.1, 0.15) is 12.8 Å². The molecule has 0 aromatic carbocycles. The van der Waals surface area contributed by atoms with Crippen LogP contribution in [0.5, 0.6) is 0 Å². The summed E-state index contributed by atoms with van der Waals surface area (Å²) in [5, 5.41) is 3.18. The molecule has 0 aromatic heterocycles. The molecule has 0 aromatic rings.